The second-order valence-electron chi connectivity index (χ2n) is 4.06. The SMILES string of the molecule is C#CCn1ncc(NCC2CCCS2)c(Br)c1=O. The molecule has 0 spiro atoms. The highest BCUT2D eigenvalue weighted by molar-refractivity contribution is 9.10. The minimum absolute atomic E-state index is 0.191. The van der Waals surface area contributed by atoms with Crippen molar-refractivity contribution in [3.63, 3.8) is 0 Å². The number of terminal acetylenes is 1. The van der Waals surface area contributed by atoms with Gasteiger partial charge in [-0.05, 0) is 34.5 Å². The van der Waals surface area contributed by atoms with Gasteiger partial charge in [0.25, 0.3) is 5.56 Å². The summed E-state index contributed by atoms with van der Waals surface area (Å²) in [6.07, 6.45) is 9.33. The third-order valence-corrected chi connectivity index (χ3v) is 4.93. The third-order valence-electron chi connectivity index (χ3n) is 2.77. The molecule has 1 N–H and O–H groups in total. The van der Waals surface area contributed by atoms with Crippen LogP contribution in [0.3, 0.4) is 0 Å². The Balaban J connectivity index is 2.07. The van der Waals surface area contributed by atoms with Gasteiger partial charge in [0.05, 0.1) is 11.9 Å². The van der Waals surface area contributed by atoms with E-state index in [-0.39, 0.29) is 12.1 Å². The van der Waals surface area contributed by atoms with Crippen LogP contribution in [0.5, 0.6) is 0 Å². The lowest BCUT2D eigenvalue weighted by molar-refractivity contribution is 0.659. The van der Waals surface area contributed by atoms with Gasteiger partial charge in [0.15, 0.2) is 0 Å². The summed E-state index contributed by atoms with van der Waals surface area (Å²) < 4.78 is 1.76. The molecule has 0 radical (unpaired) electrons. The normalized spacial score (nSPS) is 18.6. The molecule has 1 fully saturated rings. The van der Waals surface area contributed by atoms with Crippen molar-refractivity contribution >= 4 is 33.4 Å². The van der Waals surface area contributed by atoms with E-state index in [1.54, 1.807) is 6.20 Å². The highest BCUT2D eigenvalue weighted by Gasteiger charge is 2.16. The molecule has 1 aliphatic rings. The van der Waals surface area contributed by atoms with Gasteiger partial charge < -0.3 is 5.32 Å². The summed E-state index contributed by atoms with van der Waals surface area (Å²) in [6, 6.07) is 0. The molecule has 0 bridgehead atoms. The molecule has 1 unspecified atom stereocenters. The number of rotatable bonds is 4. The van der Waals surface area contributed by atoms with Crippen LogP contribution in [0, 0.1) is 12.3 Å². The van der Waals surface area contributed by atoms with Crippen LogP contribution in [0.25, 0.3) is 0 Å². The van der Waals surface area contributed by atoms with Gasteiger partial charge in [0.1, 0.15) is 11.0 Å². The number of hydrogen-bond acceptors (Lipinski definition) is 4. The van der Waals surface area contributed by atoms with Gasteiger partial charge in [-0.25, -0.2) is 4.68 Å². The van der Waals surface area contributed by atoms with Crippen LogP contribution in [0.15, 0.2) is 15.5 Å². The largest absolute Gasteiger partial charge is 0.382 e. The van der Waals surface area contributed by atoms with Crippen LogP contribution in [0.1, 0.15) is 12.8 Å². The Morgan fingerprint density at radius 2 is 2.56 bits per heavy atom. The Morgan fingerprint density at radius 1 is 1.72 bits per heavy atom. The fourth-order valence-corrected chi connectivity index (χ4v) is 3.46. The molecule has 96 valence electrons. The van der Waals surface area contributed by atoms with Crippen molar-refractivity contribution in [3.8, 4) is 12.3 Å². The van der Waals surface area contributed by atoms with E-state index < -0.39 is 0 Å². The molecule has 0 aliphatic carbocycles. The summed E-state index contributed by atoms with van der Waals surface area (Å²) in [6.45, 7) is 1.06. The van der Waals surface area contributed by atoms with E-state index >= 15 is 0 Å². The Labute approximate surface area is 119 Å². The molecule has 1 atom stereocenters. The van der Waals surface area contributed by atoms with Gasteiger partial charge in [-0.2, -0.15) is 16.9 Å². The van der Waals surface area contributed by atoms with Gasteiger partial charge in [-0.15, -0.1) is 6.42 Å². The van der Waals surface area contributed by atoms with E-state index in [1.807, 2.05) is 11.8 Å². The quantitative estimate of drug-likeness (QED) is 0.858. The van der Waals surface area contributed by atoms with Crippen molar-refractivity contribution in [2.75, 3.05) is 17.6 Å². The summed E-state index contributed by atoms with van der Waals surface area (Å²) >= 11 is 5.27. The van der Waals surface area contributed by atoms with E-state index in [0.29, 0.717) is 9.72 Å². The summed E-state index contributed by atoms with van der Waals surface area (Å²) in [5.41, 5.74) is 0.540. The maximum Gasteiger partial charge on any atom is 0.284 e. The monoisotopic (exact) mass is 327 g/mol. The smallest absolute Gasteiger partial charge is 0.284 e. The van der Waals surface area contributed by atoms with Crippen molar-refractivity contribution in [2.24, 2.45) is 0 Å². The fourth-order valence-electron chi connectivity index (χ4n) is 1.82. The molecule has 1 saturated heterocycles. The molecular formula is C12H14BrN3OS. The van der Waals surface area contributed by atoms with E-state index in [0.717, 1.165) is 12.2 Å². The second kappa shape index (κ2) is 6.30. The average molecular weight is 328 g/mol. The van der Waals surface area contributed by atoms with Crippen LogP contribution in [0.2, 0.25) is 0 Å². The Kier molecular flexibility index (Phi) is 4.72. The van der Waals surface area contributed by atoms with Crippen LogP contribution in [-0.2, 0) is 6.54 Å². The molecule has 2 heterocycles. The van der Waals surface area contributed by atoms with Crippen LogP contribution in [-0.4, -0.2) is 27.3 Å². The van der Waals surface area contributed by atoms with Crippen molar-refractivity contribution in [3.05, 3.63) is 21.0 Å². The molecule has 1 aromatic heterocycles. The number of anilines is 1. The first-order chi connectivity index (χ1) is 8.72. The lowest BCUT2D eigenvalue weighted by Gasteiger charge is -2.12. The van der Waals surface area contributed by atoms with E-state index in [1.165, 1.54) is 23.3 Å². The highest BCUT2D eigenvalue weighted by Crippen LogP contribution is 2.26. The zero-order chi connectivity index (χ0) is 13.0. The molecule has 4 nitrogen and oxygen atoms in total. The Morgan fingerprint density at radius 3 is 3.22 bits per heavy atom. The maximum atomic E-state index is 11.9. The van der Waals surface area contributed by atoms with E-state index in [4.69, 9.17) is 6.42 Å². The second-order valence-corrected chi connectivity index (χ2v) is 6.26. The van der Waals surface area contributed by atoms with Crippen LogP contribution in [0.4, 0.5) is 5.69 Å². The summed E-state index contributed by atoms with van der Waals surface area (Å²) in [5.74, 6) is 3.64. The van der Waals surface area contributed by atoms with Gasteiger partial charge in [-0.3, -0.25) is 4.79 Å². The standard InChI is InChI=1S/C12H14BrN3OS/c1-2-5-16-12(17)11(13)10(8-15-16)14-7-9-4-3-6-18-9/h1,8-9,14H,3-7H2. The maximum absolute atomic E-state index is 11.9. The van der Waals surface area contributed by atoms with Crippen molar-refractivity contribution in [1.29, 1.82) is 0 Å². The molecule has 0 amide bonds. The molecule has 1 aromatic rings. The zero-order valence-electron chi connectivity index (χ0n) is 9.86. The minimum atomic E-state index is -0.197. The fraction of sp³-hybridized carbons (Fsp3) is 0.500. The van der Waals surface area contributed by atoms with Crippen LogP contribution >= 0.6 is 27.7 Å². The van der Waals surface area contributed by atoms with Crippen LogP contribution < -0.4 is 10.9 Å². The molecule has 6 heteroatoms. The van der Waals surface area contributed by atoms with Gasteiger partial charge in [0.2, 0.25) is 0 Å². The Bertz CT molecular complexity index is 517. The summed E-state index contributed by atoms with van der Waals surface area (Å²) in [7, 11) is 0. The van der Waals surface area contributed by atoms with E-state index in [2.05, 4.69) is 32.3 Å². The number of nitrogens with zero attached hydrogens (tertiary/aromatic N) is 2. The molecule has 18 heavy (non-hydrogen) atoms. The predicted molar refractivity (Wildman–Crippen MR) is 79.0 cm³/mol. The number of aromatic nitrogens is 2. The minimum Gasteiger partial charge on any atom is -0.382 e. The summed E-state index contributed by atoms with van der Waals surface area (Å²) in [5, 5.41) is 7.94. The lowest BCUT2D eigenvalue weighted by Crippen LogP contribution is -2.25. The van der Waals surface area contributed by atoms with Gasteiger partial charge >= 0.3 is 0 Å². The lowest BCUT2D eigenvalue weighted by atomic mass is 10.2. The van der Waals surface area contributed by atoms with Crippen molar-refractivity contribution < 1.29 is 0 Å². The third kappa shape index (κ3) is 3.09. The highest BCUT2D eigenvalue weighted by atomic mass is 79.9. The molecule has 2 rings (SSSR count). The predicted octanol–water partition coefficient (Wildman–Crippen LogP) is 1.95. The first-order valence-electron chi connectivity index (χ1n) is 5.77. The van der Waals surface area contributed by atoms with E-state index in [9.17, 15) is 4.79 Å². The zero-order valence-corrected chi connectivity index (χ0v) is 12.3. The van der Waals surface area contributed by atoms with Gasteiger partial charge in [-0.1, -0.05) is 5.92 Å². The van der Waals surface area contributed by atoms with Crippen molar-refractivity contribution in [2.45, 2.75) is 24.6 Å². The average Bonchev–Trinajstić information content (AvgIpc) is 2.87. The number of thioether (sulfide) groups is 1. The van der Waals surface area contributed by atoms with Crippen molar-refractivity contribution in [1.82, 2.24) is 9.78 Å². The Hall–Kier alpha value is -0.930. The summed E-state index contributed by atoms with van der Waals surface area (Å²) in [4.78, 5) is 11.9. The number of nitrogens with one attached hydrogen (secondary N) is 1. The molecule has 0 aromatic carbocycles. The van der Waals surface area contributed by atoms with Gasteiger partial charge in [0, 0.05) is 11.8 Å². The first kappa shape index (κ1) is 13.5. The molecule has 0 saturated carbocycles. The first-order valence-corrected chi connectivity index (χ1v) is 7.61. The number of hydrogen-bond donors (Lipinski definition) is 1. The molecule has 1 aliphatic heterocycles. The topological polar surface area (TPSA) is 46.9 Å². The molecular weight excluding hydrogens is 314 g/mol. The number of halogens is 1.